The molecule has 0 amide bonds. The molecule has 1 aromatic carbocycles. The van der Waals surface area contributed by atoms with Crippen LogP contribution < -0.4 is 0 Å². The van der Waals surface area contributed by atoms with Gasteiger partial charge in [-0.2, -0.15) is 5.26 Å². The van der Waals surface area contributed by atoms with Crippen molar-refractivity contribution in [1.29, 1.82) is 5.26 Å². The van der Waals surface area contributed by atoms with Gasteiger partial charge < -0.3 is 4.74 Å². The summed E-state index contributed by atoms with van der Waals surface area (Å²) in [4.78, 5) is 18.5. The minimum Gasteiger partial charge on any atom is -0.468 e. The van der Waals surface area contributed by atoms with E-state index in [1.54, 1.807) is 29.5 Å². The van der Waals surface area contributed by atoms with Gasteiger partial charge in [-0.3, -0.25) is 4.90 Å². The standard InChI is InChI=1S/C16H17N3O2S/c1-11-10-22-14(18-11)9-19(2)15(16(20)21-3)13-6-4-5-12(7-13)8-17/h4-7,10,15H,9H2,1-3H3/t15-/m1/s1. The molecule has 0 radical (unpaired) electrons. The maximum Gasteiger partial charge on any atom is 0.327 e. The average Bonchev–Trinajstić information content (AvgIpc) is 2.92. The highest BCUT2D eigenvalue weighted by Gasteiger charge is 2.27. The Hall–Kier alpha value is -2.23. The van der Waals surface area contributed by atoms with Crippen LogP contribution in [0.5, 0.6) is 0 Å². The van der Waals surface area contributed by atoms with Gasteiger partial charge in [0.05, 0.1) is 25.3 Å². The molecule has 1 atom stereocenters. The molecule has 0 saturated heterocycles. The number of aryl methyl sites for hydroxylation is 1. The first-order valence-electron chi connectivity index (χ1n) is 6.74. The van der Waals surface area contributed by atoms with Gasteiger partial charge in [-0.15, -0.1) is 11.3 Å². The molecule has 5 nitrogen and oxygen atoms in total. The normalized spacial score (nSPS) is 12.0. The molecule has 0 saturated carbocycles. The second kappa shape index (κ2) is 7.16. The first-order valence-corrected chi connectivity index (χ1v) is 7.62. The molecule has 0 aliphatic carbocycles. The topological polar surface area (TPSA) is 66.2 Å². The Bertz CT molecular complexity index is 705. The summed E-state index contributed by atoms with van der Waals surface area (Å²) >= 11 is 1.56. The van der Waals surface area contributed by atoms with Crippen molar-refractivity contribution in [2.45, 2.75) is 19.5 Å². The zero-order chi connectivity index (χ0) is 16.1. The summed E-state index contributed by atoms with van der Waals surface area (Å²) in [5, 5.41) is 11.9. The Kier molecular flexibility index (Phi) is 5.26. The van der Waals surface area contributed by atoms with Crippen molar-refractivity contribution in [3.05, 3.63) is 51.5 Å². The van der Waals surface area contributed by atoms with E-state index < -0.39 is 6.04 Å². The largest absolute Gasteiger partial charge is 0.468 e. The maximum atomic E-state index is 12.2. The molecular weight excluding hydrogens is 298 g/mol. The number of hydrogen-bond acceptors (Lipinski definition) is 6. The van der Waals surface area contributed by atoms with Crippen LogP contribution >= 0.6 is 11.3 Å². The molecule has 1 heterocycles. The number of rotatable bonds is 5. The van der Waals surface area contributed by atoms with E-state index in [2.05, 4.69) is 11.1 Å². The molecule has 2 rings (SSSR count). The number of nitrogens with zero attached hydrogens (tertiary/aromatic N) is 3. The molecule has 6 heteroatoms. The molecule has 0 fully saturated rings. The van der Waals surface area contributed by atoms with Crippen LogP contribution in [0.2, 0.25) is 0 Å². The Morgan fingerprint density at radius 2 is 2.32 bits per heavy atom. The lowest BCUT2D eigenvalue weighted by molar-refractivity contribution is -0.147. The van der Waals surface area contributed by atoms with E-state index in [9.17, 15) is 4.79 Å². The van der Waals surface area contributed by atoms with Crippen molar-refractivity contribution in [1.82, 2.24) is 9.88 Å². The summed E-state index contributed by atoms with van der Waals surface area (Å²) in [7, 11) is 3.21. The fourth-order valence-electron chi connectivity index (χ4n) is 2.24. The molecule has 2 aromatic rings. The van der Waals surface area contributed by atoms with Gasteiger partial charge in [0.15, 0.2) is 0 Å². The van der Waals surface area contributed by atoms with Crippen LogP contribution in [0.4, 0.5) is 0 Å². The smallest absolute Gasteiger partial charge is 0.327 e. The molecular formula is C16H17N3O2S. The average molecular weight is 315 g/mol. The van der Waals surface area contributed by atoms with Crippen LogP contribution in [-0.4, -0.2) is 30.0 Å². The number of methoxy groups -OCH3 is 1. The highest BCUT2D eigenvalue weighted by molar-refractivity contribution is 7.09. The van der Waals surface area contributed by atoms with E-state index >= 15 is 0 Å². The van der Waals surface area contributed by atoms with Crippen LogP contribution in [0.3, 0.4) is 0 Å². The number of carbonyl (C=O) groups is 1. The van der Waals surface area contributed by atoms with Crippen molar-refractivity contribution in [2.24, 2.45) is 0 Å². The second-order valence-corrected chi connectivity index (χ2v) is 5.90. The molecule has 22 heavy (non-hydrogen) atoms. The van der Waals surface area contributed by atoms with Gasteiger partial charge >= 0.3 is 5.97 Å². The Morgan fingerprint density at radius 3 is 2.91 bits per heavy atom. The fourth-order valence-corrected chi connectivity index (χ4v) is 3.07. The van der Waals surface area contributed by atoms with E-state index in [-0.39, 0.29) is 5.97 Å². The Balaban J connectivity index is 2.29. The lowest BCUT2D eigenvalue weighted by Gasteiger charge is -2.25. The third-order valence-electron chi connectivity index (χ3n) is 3.25. The molecule has 0 bridgehead atoms. The van der Waals surface area contributed by atoms with Gasteiger partial charge in [-0.1, -0.05) is 12.1 Å². The summed E-state index contributed by atoms with van der Waals surface area (Å²) in [5.41, 5.74) is 2.22. The van der Waals surface area contributed by atoms with E-state index in [1.807, 2.05) is 30.3 Å². The van der Waals surface area contributed by atoms with Crippen LogP contribution in [0.1, 0.15) is 27.9 Å². The third-order valence-corrected chi connectivity index (χ3v) is 4.20. The van der Waals surface area contributed by atoms with Crippen LogP contribution in [-0.2, 0) is 16.1 Å². The van der Waals surface area contributed by atoms with E-state index in [4.69, 9.17) is 10.00 Å². The van der Waals surface area contributed by atoms with Gasteiger partial charge in [-0.25, -0.2) is 9.78 Å². The Labute approximate surface area is 133 Å². The van der Waals surface area contributed by atoms with Crippen LogP contribution in [0.15, 0.2) is 29.6 Å². The van der Waals surface area contributed by atoms with E-state index in [1.165, 1.54) is 7.11 Å². The zero-order valence-electron chi connectivity index (χ0n) is 12.7. The molecule has 0 N–H and O–H groups in total. The zero-order valence-corrected chi connectivity index (χ0v) is 13.6. The highest BCUT2D eigenvalue weighted by atomic mass is 32.1. The van der Waals surface area contributed by atoms with Gasteiger partial charge in [0.2, 0.25) is 0 Å². The number of thiazole rings is 1. The van der Waals surface area contributed by atoms with Gasteiger partial charge in [0.1, 0.15) is 11.0 Å². The third kappa shape index (κ3) is 3.70. The van der Waals surface area contributed by atoms with E-state index in [0.717, 1.165) is 16.3 Å². The number of nitriles is 1. The van der Waals surface area contributed by atoms with Crippen LogP contribution in [0, 0.1) is 18.3 Å². The van der Waals surface area contributed by atoms with Crippen molar-refractivity contribution in [3.63, 3.8) is 0 Å². The molecule has 1 aromatic heterocycles. The van der Waals surface area contributed by atoms with Gasteiger partial charge in [-0.05, 0) is 31.7 Å². The van der Waals surface area contributed by atoms with Gasteiger partial charge in [0.25, 0.3) is 0 Å². The predicted octanol–water partition coefficient (Wildman–Crippen LogP) is 2.67. The summed E-state index contributed by atoms with van der Waals surface area (Å²) in [6.07, 6.45) is 0. The number of ether oxygens (including phenoxy) is 1. The number of benzene rings is 1. The number of likely N-dealkylation sites (N-methyl/N-ethyl adjacent to an activating group) is 1. The minimum absolute atomic E-state index is 0.356. The minimum atomic E-state index is -0.567. The molecule has 0 spiro atoms. The predicted molar refractivity (Wildman–Crippen MR) is 84.2 cm³/mol. The number of hydrogen-bond donors (Lipinski definition) is 0. The number of aromatic nitrogens is 1. The molecule has 0 unspecified atom stereocenters. The van der Waals surface area contributed by atoms with Crippen molar-refractivity contribution in [2.75, 3.05) is 14.2 Å². The first kappa shape index (κ1) is 16.1. The summed E-state index contributed by atoms with van der Waals surface area (Å²) in [6, 6.07) is 8.54. The SMILES string of the molecule is COC(=O)[C@@H](c1cccc(C#N)c1)N(C)Cc1nc(C)cs1. The number of esters is 1. The van der Waals surface area contributed by atoms with Gasteiger partial charge in [0, 0.05) is 11.1 Å². The Morgan fingerprint density at radius 1 is 1.55 bits per heavy atom. The van der Waals surface area contributed by atoms with Crippen LogP contribution in [0.25, 0.3) is 0 Å². The second-order valence-electron chi connectivity index (χ2n) is 4.96. The van der Waals surface area contributed by atoms with E-state index in [0.29, 0.717) is 12.1 Å². The molecule has 114 valence electrons. The lowest BCUT2D eigenvalue weighted by atomic mass is 10.0. The number of carbonyl (C=O) groups excluding carboxylic acids is 1. The fraction of sp³-hybridized carbons (Fsp3) is 0.312. The molecule has 0 aliphatic rings. The first-order chi connectivity index (χ1) is 10.5. The highest BCUT2D eigenvalue weighted by Crippen LogP contribution is 2.24. The monoisotopic (exact) mass is 315 g/mol. The quantitative estimate of drug-likeness (QED) is 0.794. The van der Waals surface area contributed by atoms with Crippen molar-refractivity contribution < 1.29 is 9.53 Å². The summed E-state index contributed by atoms with van der Waals surface area (Å²) < 4.78 is 4.92. The molecule has 0 aliphatic heterocycles. The maximum absolute atomic E-state index is 12.2. The summed E-state index contributed by atoms with van der Waals surface area (Å²) in [5.74, 6) is -0.356. The van der Waals surface area contributed by atoms with Crippen molar-refractivity contribution in [3.8, 4) is 6.07 Å². The van der Waals surface area contributed by atoms with Crippen molar-refractivity contribution >= 4 is 17.3 Å². The summed E-state index contributed by atoms with van der Waals surface area (Å²) in [6.45, 7) is 2.48. The lowest BCUT2D eigenvalue weighted by Crippen LogP contribution is -2.31.